The molecule has 4 nitrogen and oxygen atoms in total. The monoisotopic (exact) mass is 287 g/mol. The van der Waals surface area contributed by atoms with Gasteiger partial charge >= 0.3 is 0 Å². The second-order valence-electron chi connectivity index (χ2n) is 6.05. The second-order valence-corrected chi connectivity index (χ2v) is 6.05. The number of benzene rings is 1. The Bertz CT molecular complexity index is 491. The first kappa shape index (κ1) is 14.2. The van der Waals surface area contributed by atoms with E-state index < -0.39 is 0 Å². The zero-order valence-corrected chi connectivity index (χ0v) is 12.7. The van der Waals surface area contributed by atoms with Crippen molar-refractivity contribution in [3.05, 3.63) is 29.8 Å². The van der Waals surface area contributed by atoms with Gasteiger partial charge in [0.15, 0.2) is 5.96 Å². The van der Waals surface area contributed by atoms with Gasteiger partial charge in [0.05, 0.1) is 12.6 Å². The first-order valence-electron chi connectivity index (χ1n) is 8.09. The van der Waals surface area contributed by atoms with E-state index in [0.717, 1.165) is 12.2 Å². The molecule has 0 bridgehead atoms. The van der Waals surface area contributed by atoms with Crippen LogP contribution in [0.3, 0.4) is 0 Å². The normalized spacial score (nSPS) is 25.9. The van der Waals surface area contributed by atoms with Crippen molar-refractivity contribution in [2.75, 3.05) is 6.61 Å². The highest BCUT2D eigenvalue weighted by Gasteiger charge is 2.38. The summed E-state index contributed by atoms with van der Waals surface area (Å²) in [6, 6.07) is 9.25. The highest BCUT2D eigenvalue weighted by Crippen LogP contribution is 2.43. The van der Waals surface area contributed by atoms with Crippen molar-refractivity contribution < 1.29 is 4.74 Å². The molecule has 0 radical (unpaired) electrons. The lowest BCUT2D eigenvalue weighted by Gasteiger charge is -2.12. The Morgan fingerprint density at radius 1 is 1.29 bits per heavy atom. The fourth-order valence-electron chi connectivity index (χ4n) is 3.16. The molecule has 3 rings (SSSR count). The van der Waals surface area contributed by atoms with Gasteiger partial charge in [0.1, 0.15) is 5.75 Å². The molecule has 21 heavy (non-hydrogen) atoms. The third-order valence-electron chi connectivity index (χ3n) is 4.39. The largest absolute Gasteiger partial charge is 0.494 e. The van der Waals surface area contributed by atoms with E-state index >= 15 is 0 Å². The van der Waals surface area contributed by atoms with E-state index in [0.29, 0.717) is 30.6 Å². The van der Waals surface area contributed by atoms with Gasteiger partial charge in [-0.05, 0) is 43.9 Å². The quantitative estimate of drug-likeness (QED) is 0.646. The van der Waals surface area contributed by atoms with Crippen molar-refractivity contribution >= 4 is 5.96 Å². The van der Waals surface area contributed by atoms with Crippen LogP contribution in [0.25, 0.3) is 0 Å². The van der Waals surface area contributed by atoms with Crippen LogP contribution in [0.1, 0.15) is 50.5 Å². The highest BCUT2D eigenvalue weighted by molar-refractivity contribution is 5.78. The maximum absolute atomic E-state index is 6.02. The van der Waals surface area contributed by atoms with E-state index in [1.54, 1.807) is 0 Å². The Balaban J connectivity index is 1.53. The Hall–Kier alpha value is -1.71. The first-order valence-corrected chi connectivity index (χ1v) is 8.09. The van der Waals surface area contributed by atoms with E-state index in [9.17, 15) is 0 Å². The summed E-state index contributed by atoms with van der Waals surface area (Å²) in [6.07, 6.45) is 6.17. The fourth-order valence-corrected chi connectivity index (χ4v) is 3.16. The van der Waals surface area contributed by atoms with Crippen molar-refractivity contribution in [1.29, 1.82) is 0 Å². The average molecular weight is 287 g/mol. The molecule has 4 heteroatoms. The maximum Gasteiger partial charge on any atom is 0.189 e. The number of rotatable bonds is 5. The summed E-state index contributed by atoms with van der Waals surface area (Å²) >= 11 is 0. The SMILES string of the molecule is CCOc1ccc([C@@H]2C[C@H]2N=C(N)NC2CCCC2)cc1. The molecule has 0 amide bonds. The van der Waals surface area contributed by atoms with Gasteiger partial charge in [-0.3, -0.25) is 0 Å². The lowest BCUT2D eigenvalue weighted by molar-refractivity contribution is 0.340. The number of ether oxygens (including phenoxy) is 1. The van der Waals surface area contributed by atoms with Crippen LogP contribution >= 0.6 is 0 Å². The third kappa shape index (κ3) is 3.69. The predicted octanol–water partition coefficient (Wildman–Crippen LogP) is 2.79. The van der Waals surface area contributed by atoms with E-state index in [4.69, 9.17) is 10.5 Å². The molecular weight excluding hydrogens is 262 g/mol. The molecule has 2 aliphatic carbocycles. The summed E-state index contributed by atoms with van der Waals surface area (Å²) in [5.41, 5.74) is 7.35. The average Bonchev–Trinajstić information content (AvgIpc) is 3.04. The van der Waals surface area contributed by atoms with Crippen LogP contribution in [-0.2, 0) is 0 Å². The summed E-state index contributed by atoms with van der Waals surface area (Å²) < 4.78 is 5.47. The molecule has 3 N–H and O–H groups in total. The Morgan fingerprint density at radius 3 is 2.67 bits per heavy atom. The molecule has 2 aliphatic rings. The highest BCUT2D eigenvalue weighted by atomic mass is 16.5. The number of hydrogen-bond acceptors (Lipinski definition) is 2. The Morgan fingerprint density at radius 2 is 2.00 bits per heavy atom. The number of nitrogens with two attached hydrogens (primary N) is 1. The lowest BCUT2D eigenvalue weighted by Crippen LogP contribution is -2.38. The molecule has 2 atom stereocenters. The molecule has 0 saturated heterocycles. The van der Waals surface area contributed by atoms with Gasteiger partial charge in [-0.1, -0.05) is 25.0 Å². The van der Waals surface area contributed by atoms with Crippen LogP contribution in [0.4, 0.5) is 0 Å². The molecule has 0 unspecified atom stereocenters. The lowest BCUT2D eigenvalue weighted by atomic mass is 10.1. The van der Waals surface area contributed by atoms with Gasteiger partial charge in [-0.15, -0.1) is 0 Å². The zero-order chi connectivity index (χ0) is 14.7. The summed E-state index contributed by atoms with van der Waals surface area (Å²) in [7, 11) is 0. The van der Waals surface area contributed by atoms with Crippen molar-refractivity contribution in [2.45, 2.75) is 57.0 Å². The van der Waals surface area contributed by atoms with Crippen molar-refractivity contribution in [1.82, 2.24) is 5.32 Å². The molecule has 1 aromatic rings. The Labute approximate surface area is 126 Å². The number of aliphatic imine (C=N–C) groups is 1. The molecule has 2 fully saturated rings. The zero-order valence-electron chi connectivity index (χ0n) is 12.7. The number of nitrogens with zero attached hydrogens (tertiary/aromatic N) is 1. The standard InChI is InChI=1S/C17H25N3O/c1-2-21-14-9-7-12(8-10-14)15-11-16(15)20-17(18)19-13-5-3-4-6-13/h7-10,13,15-16H,2-6,11H2,1H3,(H3,18,19,20)/t15-,16+/m0/s1. The van der Waals surface area contributed by atoms with Crippen LogP contribution in [0.15, 0.2) is 29.3 Å². The summed E-state index contributed by atoms with van der Waals surface area (Å²) in [4.78, 5) is 4.62. The minimum atomic E-state index is 0.344. The third-order valence-corrected chi connectivity index (χ3v) is 4.39. The van der Waals surface area contributed by atoms with Gasteiger partial charge in [-0.25, -0.2) is 4.99 Å². The molecule has 0 spiro atoms. The summed E-state index contributed by atoms with van der Waals surface area (Å²) in [6.45, 7) is 2.71. The molecule has 0 aliphatic heterocycles. The van der Waals surface area contributed by atoms with Crippen LogP contribution in [0, 0.1) is 0 Å². The fraction of sp³-hybridized carbons (Fsp3) is 0.588. The minimum Gasteiger partial charge on any atom is -0.494 e. The van der Waals surface area contributed by atoms with E-state index in [2.05, 4.69) is 22.4 Å². The summed E-state index contributed by atoms with van der Waals surface area (Å²) in [5.74, 6) is 2.08. The molecule has 1 aromatic carbocycles. The molecule has 0 aromatic heterocycles. The van der Waals surface area contributed by atoms with Crippen LogP contribution in [0.5, 0.6) is 5.75 Å². The molecule has 114 valence electrons. The van der Waals surface area contributed by atoms with E-state index in [1.807, 2.05) is 19.1 Å². The van der Waals surface area contributed by atoms with Gasteiger partial charge in [0.25, 0.3) is 0 Å². The first-order chi connectivity index (χ1) is 10.3. The predicted molar refractivity (Wildman–Crippen MR) is 85.8 cm³/mol. The van der Waals surface area contributed by atoms with Gasteiger partial charge < -0.3 is 15.8 Å². The van der Waals surface area contributed by atoms with Crippen molar-refractivity contribution in [3.63, 3.8) is 0 Å². The minimum absolute atomic E-state index is 0.344. The van der Waals surface area contributed by atoms with E-state index in [-0.39, 0.29) is 0 Å². The van der Waals surface area contributed by atoms with Crippen molar-refractivity contribution in [3.8, 4) is 5.75 Å². The number of guanidine groups is 1. The summed E-state index contributed by atoms with van der Waals surface area (Å²) in [5, 5.41) is 3.36. The molecule has 0 heterocycles. The Kier molecular flexibility index (Phi) is 4.32. The molecular formula is C17H25N3O. The number of nitrogens with one attached hydrogen (secondary N) is 1. The molecule has 2 saturated carbocycles. The number of hydrogen-bond donors (Lipinski definition) is 2. The van der Waals surface area contributed by atoms with Gasteiger partial charge in [0.2, 0.25) is 0 Å². The van der Waals surface area contributed by atoms with Gasteiger partial charge in [0, 0.05) is 12.0 Å². The van der Waals surface area contributed by atoms with Crippen molar-refractivity contribution in [2.24, 2.45) is 10.7 Å². The maximum atomic E-state index is 6.02. The van der Waals surface area contributed by atoms with Gasteiger partial charge in [-0.2, -0.15) is 0 Å². The van der Waals surface area contributed by atoms with E-state index in [1.165, 1.54) is 31.2 Å². The topological polar surface area (TPSA) is 59.6 Å². The van der Waals surface area contributed by atoms with Crippen LogP contribution in [-0.4, -0.2) is 24.7 Å². The second kappa shape index (κ2) is 6.37. The van der Waals surface area contributed by atoms with Crippen LogP contribution < -0.4 is 15.8 Å². The van der Waals surface area contributed by atoms with Crippen LogP contribution in [0.2, 0.25) is 0 Å². The smallest absolute Gasteiger partial charge is 0.189 e.